The molecule has 0 spiro atoms. The van der Waals surface area contributed by atoms with Gasteiger partial charge in [-0.2, -0.15) is 0 Å². The normalized spacial score (nSPS) is 21.2. The molecule has 2 aromatic rings. The summed E-state index contributed by atoms with van der Waals surface area (Å²) in [7, 11) is 0. The smallest absolute Gasteiger partial charge is 0.124 e. The molecule has 0 radical (unpaired) electrons. The van der Waals surface area contributed by atoms with E-state index in [4.69, 9.17) is 4.98 Å². The Bertz CT molecular complexity index is 626. The van der Waals surface area contributed by atoms with Crippen LogP contribution in [0.4, 0.5) is 0 Å². The average Bonchev–Trinajstić information content (AvgIpc) is 2.99. The van der Waals surface area contributed by atoms with E-state index in [2.05, 4.69) is 44.4 Å². The van der Waals surface area contributed by atoms with Crippen molar-refractivity contribution in [3.63, 3.8) is 0 Å². The zero-order valence-corrected chi connectivity index (χ0v) is 12.3. The van der Waals surface area contributed by atoms with Crippen LogP contribution in [0.15, 0.2) is 22.7 Å². The van der Waals surface area contributed by atoms with Crippen LogP contribution in [0.1, 0.15) is 42.4 Å². The summed E-state index contributed by atoms with van der Waals surface area (Å²) >= 11 is 3.63. The number of halogens is 1. The first-order valence-electron chi connectivity index (χ1n) is 6.93. The van der Waals surface area contributed by atoms with Gasteiger partial charge < -0.3 is 10.3 Å². The number of fused-ring (bicyclic) bond motifs is 3. The largest absolute Gasteiger partial charge is 0.344 e. The Morgan fingerprint density at radius 1 is 1.26 bits per heavy atom. The quantitative estimate of drug-likeness (QED) is 0.720. The molecule has 1 saturated heterocycles. The molecule has 4 rings (SSSR count). The van der Waals surface area contributed by atoms with Crippen molar-refractivity contribution in [3.8, 4) is 11.3 Å². The van der Waals surface area contributed by atoms with E-state index in [0.717, 1.165) is 24.5 Å². The molecule has 3 nitrogen and oxygen atoms in total. The second-order valence-corrected chi connectivity index (χ2v) is 6.25. The van der Waals surface area contributed by atoms with E-state index in [1.807, 2.05) is 0 Å². The molecule has 1 unspecified atom stereocenters. The summed E-state index contributed by atoms with van der Waals surface area (Å²) in [5.74, 6) is 1.12. The lowest BCUT2D eigenvalue weighted by atomic mass is 10.0. The Hall–Kier alpha value is -1.13. The Kier molecular flexibility index (Phi) is 2.74. The topological polar surface area (TPSA) is 40.7 Å². The third-order valence-corrected chi connectivity index (χ3v) is 4.91. The van der Waals surface area contributed by atoms with Crippen molar-refractivity contribution in [1.82, 2.24) is 15.3 Å². The molecule has 1 atom stereocenters. The van der Waals surface area contributed by atoms with Gasteiger partial charge in [-0.25, -0.2) is 4.98 Å². The zero-order valence-electron chi connectivity index (χ0n) is 10.7. The van der Waals surface area contributed by atoms with Crippen LogP contribution in [-0.4, -0.2) is 16.5 Å². The minimum Gasteiger partial charge on any atom is -0.344 e. The third-order valence-electron chi connectivity index (χ3n) is 4.16. The molecular formula is C15H16BrN3. The molecule has 4 heteroatoms. The van der Waals surface area contributed by atoms with Gasteiger partial charge >= 0.3 is 0 Å². The summed E-state index contributed by atoms with van der Waals surface area (Å²) in [5, 5.41) is 3.56. The SMILES string of the molecule is Brc1cccc2c1Cc1[nH]c(C3CCCCN3)nc1-2. The highest BCUT2D eigenvalue weighted by Gasteiger charge is 2.27. The number of aromatic nitrogens is 2. The highest BCUT2D eigenvalue weighted by Crippen LogP contribution is 2.39. The van der Waals surface area contributed by atoms with Gasteiger partial charge in [0.15, 0.2) is 0 Å². The van der Waals surface area contributed by atoms with Crippen LogP contribution >= 0.6 is 15.9 Å². The highest BCUT2D eigenvalue weighted by molar-refractivity contribution is 9.10. The minimum atomic E-state index is 0.412. The average molecular weight is 318 g/mol. The van der Waals surface area contributed by atoms with Gasteiger partial charge in [0, 0.05) is 22.2 Å². The number of benzene rings is 1. The fourth-order valence-corrected chi connectivity index (χ4v) is 3.67. The molecule has 19 heavy (non-hydrogen) atoms. The standard InChI is InChI=1S/C15H16BrN3/c16-11-5-3-4-9-10(11)8-13-14(9)19-15(18-13)12-6-1-2-7-17-12/h3-5,12,17H,1-2,6-8H2,(H,18,19). The minimum absolute atomic E-state index is 0.412. The van der Waals surface area contributed by atoms with Crippen molar-refractivity contribution in [2.75, 3.05) is 6.54 Å². The highest BCUT2D eigenvalue weighted by atomic mass is 79.9. The first-order chi connectivity index (χ1) is 9.33. The predicted molar refractivity (Wildman–Crippen MR) is 79.1 cm³/mol. The maximum absolute atomic E-state index is 4.86. The van der Waals surface area contributed by atoms with Crippen molar-refractivity contribution in [1.29, 1.82) is 0 Å². The number of hydrogen-bond acceptors (Lipinski definition) is 2. The van der Waals surface area contributed by atoms with Gasteiger partial charge in [-0.1, -0.05) is 34.5 Å². The van der Waals surface area contributed by atoms with E-state index in [1.54, 1.807) is 0 Å². The van der Waals surface area contributed by atoms with Gasteiger partial charge in [-0.15, -0.1) is 0 Å². The van der Waals surface area contributed by atoms with E-state index >= 15 is 0 Å². The van der Waals surface area contributed by atoms with Gasteiger partial charge in [-0.05, 0) is 31.0 Å². The molecule has 0 amide bonds. The first-order valence-corrected chi connectivity index (χ1v) is 7.72. The molecule has 1 aliphatic heterocycles. The fraction of sp³-hybridized carbons (Fsp3) is 0.400. The zero-order chi connectivity index (χ0) is 12.8. The van der Waals surface area contributed by atoms with E-state index in [1.165, 1.54) is 40.6 Å². The fourth-order valence-electron chi connectivity index (χ4n) is 3.17. The number of piperidine rings is 1. The van der Waals surface area contributed by atoms with Crippen LogP contribution < -0.4 is 5.32 Å². The van der Waals surface area contributed by atoms with Crippen molar-refractivity contribution in [2.45, 2.75) is 31.7 Å². The van der Waals surface area contributed by atoms with E-state index in [0.29, 0.717) is 6.04 Å². The van der Waals surface area contributed by atoms with Crippen LogP contribution in [-0.2, 0) is 6.42 Å². The lowest BCUT2D eigenvalue weighted by Crippen LogP contribution is -2.27. The van der Waals surface area contributed by atoms with Crippen molar-refractivity contribution in [2.24, 2.45) is 0 Å². The Morgan fingerprint density at radius 3 is 3.05 bits per heavy atom. The lowest BCUT2D eigenvalue weighted by molar-refractivity contribution is 0.399. The molecule has 1 aromatic carbocycles. The number of hydrogen-bond donors (Lipinski definition) is 2. The second-order valence-electron chi connectivity index (χ2n) is 5.39. The predicted octanol–water partition coefficient (Wildman–Crippen LogP) is 3.56. The van der Waals surface area contributed by atoms with Gasteiger partial charge in [0.05, 0.1) is 11.7 Å². The first kappa shape index (κ1) is 11.7. The molecule has 1 aromatic heterocycles. The molecule has 98 valence electrons. The van der Waals surface area contributed by atoms with E-state index < -0.39 is 0 Å². The number of nitrogens with one attached hydrogen (secondary N) is 2. The summed E-state index contributed by atoms with van der Waals surface area (Å²) < 4.78 is 1.19. The molecule has 1 fully saturated rings. The molecule has 0 bridgehead atoms. The van der Waals surface area contributed by atoms with Crippen LogP contribution in [0.5, 0.6) is 0 Å². The van der Waals surface area contributed by atoms with E-state index in [9.17, 15) is 0 Å². The van der Waals surface area contributed by atoms with Crippen molar-refractivity contribution >= 4 is 15.9 Å². The molecule has 2 heterocycles. The van der Waals surface area contributed by atoms with Gasteiger partial charge in [0.1, 0.15) is 5.82 Å². The summed E-state index contributed by atoms with van der Waals surface area (Å²) in [6.07, 6.45) is 4.74. The molecule has 2 aliphatic rings. The third kappa shape index (κ3) is 1.85. The van der Waals surface area contributed by atoms with Crippen LogP contribution in [0.25, 0.3) is 11.3 Å². The summed E-state index contributed by atoms with van der Waals surface area (Å²) in [5.41, 5.74) is 5.06. The van der Waals surface area contributed by atoms with Gasteiger partial charge in [-0.3, -0.25) is 0 Å². The maximum atomic E-state index is 4.86. The summed E-state index contributed by atoms with van der Waals surface area (Å²) in [6.45, 7) is 1.11. The van der Waals surface area contributed by atoms with Gasteiger partial charge in [0.25, 0.3) is 0 Å². The number of nitrogens with zero attached hydrogens (tertiary/aromatic N) is 1. The number of H-pyrrole nitrogens is 1. The molecule has 0 saturated carbocycles. The Labute approximate surface area is 121 Å². The van der Waals surface area contributed by atoms with Gasteiger partial charge in [0.2, 0.25) is 0 Å². The van der Waals surface area contributed by atoms with Crippen LogP contribution in [0.3, 0.4) is 0 Å². The second kappa shape index (κ2) is 4.46. The van der Waals surface area contributed by atoms with Crippen molar-refractivity contribution < 1.29 is 0 Å². The summed E-state index contributed by atoms with van der Waals surface area (Å²) in [4.78, 5) is 8.40. The van der Waals surface area contributed by atoms with Crippen LogP contribution in [0.2, 0.25) is 0 Å². The Balaban J connectivity index is 1.73. The number of imidazole rings is 1. The number of rotatable bonds is 1. The monoisotopic (exact) mass is 317 g/mol. The molecule has 1 aliphatic carbocycles. The van der Waals surface area contributed by atoms with Crippen LogP contribution in [0, 0.1) is 0 Å². The molecular weight excluding hydrogens is 302 g/mol. The number of aromatic amines is 1. The summed E-state index contributed by atoms with van der Waals surface area (Å²) in [6, 6.07) is 6.78. The van der Waals surface area contributed by atoms with E-state index in [-0.39, 0.29) is 0 Å². The Morgan fingerprint density at radius 2 is 2.21 bits per heavy atom. The molecule has 2 N–H and O–H groups in total. The van der Waals surface area contributed by atoms with Crippen molar-refractivity contribution in [3.05, 3.63) is 39.8 Å². The lowest BCUT2D eigenvalue weighted by Gasteiger charge is -2.21. The maximum Gasteiger partial charge on any atom is 0.124 e.